The number of hydrogen-bond donors (Lipinski definition) is 2. The van der Waals surface area contributed by atoms with Gasteiger partial charge in [-0.25, -0.2) is 14.4 Å². The molecule has 120 valence electrons. The SMILES string of the molecule is COc1cccc(C(=O)OOC(COC(=O)O)OC(=O)O)c1. The summed E-state index contributed by atoms with van der Waals surface area (Å²) in [6.45, 7) is -0.812. The second kappa shape index (κ2) is 8.32. The summed E-state index contributed by atoms with van der Waals surface area (Å²) in [7, 11) is 1.40. The molecule has 0 spiro atoms. The predicted molar refractivity (Wildman–Crippen MR) is 66.4 cm³/mol. The van der Waals surface area contributed by atoms with E-state index in [-0.39, 0.29) is 5.56 Å². The van der Waals surface area contributed by atoms with Gasteiger partial charge in [0.2, 0.25) is 0 Å². The van der Waals surface area contributed by atoms with E-state index in [0.717, 1.165) is 0 Å². The fourth-order valence-electron chi connectivity index (χ4n) is 1.23. The van der Waals surface area contributed by atoms with Crippen molar-refractivity contribution in [2.24, 2.45) is 0 Å². The van der Waals surface area contributed by atoms with Gasteiger partial charge >= 0.3 is 18.3 Å². The van der Waals surface area contributed by atoms with Gasteiger partial charge in [0.25, 0.3) is 6.29 Å². The van der Waals surface area contributed by atoms with Crippen LogP contribution in [0.1, 0.15) is 10.4 Å². The Bertz CT molecular complexity index is 540. The molecule has 1 aromatic carbocycles. The molecule has 2 N–H and O–H groups in total. The van der Waals surface area contributed by atoms with Gasteiger partial charge in [-0.05, 0) is 18.2 Å². The summed E-state index contributed by atoms with van der Waals surface area (Å²) in [6.07, 6.45) is -5.21. The first-order chi connectivity index (χ1) is 10.4. The number of carboxylic acid groups (broad SMARTS) is 2. The summed E-state index contributed by atoms with van der Waals surface area (Å²) in [5.74, 6) is -0.574. The molecular formula is C12H12O10. The highest BCUT2D eigenvalue weighted by atomic mass is 17.2. The number of ether oxygens (including phenoxy) is 3. The Morgan fingerprint density at radius 1 is 1.18 bits per heavy atom. The summed E-state index contributed by atoms with van der Waals surface area (Å²) in [4.78, 5) is 41.1. The molecule has 1 atom stereocenters. The van der Waals surface area contributed by atoms with Crippen LogP contribution in [0.3, 0.4) is 0 Å². The topological polar surface area (TPSA) is 138 Å². The van der Waals surface area contributed by atoms with Crippen LogP contribution < -0.4 is 4.74 Å². The molecular weight excluding hydrogens is 304 g/mol. The quantitative estimate of drug-likeness (QED) is 0.329. The largest absolute Gasteiger partial charge is 0.508 e. The fourth-order valence-corrected chi connectivity index (χ4v) is 1.23. The molecule has 0 bridgehead atoms. The highest BCUT2D eigenvalue weighted by molar-refractivity contribution is 5.89. The van der Waals surface area contributed by atoms with Crippen molar-refractivity contribution >= 4 is 18.3 Å². The standard InChI is InChI=1S/C12H12O10/c1-18-8-4-2-3-7(5-8)10(13)22-21-9(20-12(16)17)6-19-11(14)15/h2-5,9H,6H2,1H3,(H,14,15)(H,16,17). The Morgan fingerprint density at radius 3 is 2.50 bits per heavy atom. The fraction of sp³-hybridized carbons (Fsp3) is 0.250. The van der Waals surface area contributed by atoms with E-state index in [4.69, 9.17) is 14.9 Å². The van der Waals surface area contributed by atoms with Crippen molar-refractivity contribution in [3.8, 4) is 5.75 Å². The normalized spacial score (nSPS) is 11.1. The van der Waals surface area contributed by atoms with Gasteiger partial charge in [-0.3, -0.25) is 4.89 Å². The minimum Gasteiger partial charge on any atom is -0.497 e. The summed E-state index contributed by atoms with van der Waals surface area (Å²) < 4.78 is 13.1. The molecule has 0 amide bonds. The van der Waals surface area contributed by atoms with Crippen LogP contribution in [0.4, 0.5) is 9.59 Å². The second-order valence-electron chi connectivity index (χ2n) is 3.59. The molecule has 1 aromatic rings. The number of methoxy groups -OCH3 is 1. The van der Waals surface area contributed by atoms with E-state index in [2.05, 4.69) is 19.2 Å². The second-order valence-corrected chi connectivity index (χ2v) is 3.59. The van der Waals surface area contributed by atoms with Crippen molar-refractivity contribution in [1.82, 2.24) is 0 Å². The van der Waals surface area contributed by atoms with Crippen LogP contribution in [0.5, 0.6) is 5.75 Å². The smallest absolute Gasteiger partial charge is 0.497 e. The zero-order valence-electron chi connectivity index (χ0n) is 11.3. The molecule has 10 nitrogen and oxygen atoms in total. The molecule has 0 radical (unpaired) electrons. The molecule has 22 heavy (non-hydrogen) atoms. The highest BCUT2D eigenvalue weighted by Gasteiger charge is 2.21. The Hall–Kier alpha value is -3.01. The third-order valence-electron chi connectivity index (χ3n) is 2.11. The maximum absolute atomic E-state index is 11.7. The lowest BCUT2D eigenvalue weighted by molar-refractivity contribution is -0.334. The Balaban J connectivity index is 2.60. The van der Waals surface area contributed by atoms with Crippen molar-refractivity contribution in [3.63, 3.8) is 0 Å². The number of rotatable bonds is 7. The van der Waals surface area contributed by atoms with Gasteiger partial charge in [0.1, 0.15) is 5.75 Å². The number of benzene rings is 1. The molecule has 0 saturated carbocycles. The van der Waals surface area contributed by atoms with E-state index < -0.39 is 31.2 Å². The van der Waals surface area contributed by atoms with Gasteiger partial charge in [0.05, 0.1) is 12.7 Å². The van der Waals surface area contributed by atoms with Crippen molar-refractivity contribution in [3.05, 3.63) is 29.8 Å². The summed E-state index contributed by atoms with van der Waals surface area (Å²) in [5, 5.41) is 16.7. The van der Waals surface area contributed by atoms with E-state index in [1.807, 2.05) is 0 Å². The Labute approximate surface area is 123 Å². The minimum absolute atomic E-state index is 0.0626. The van der Waals surface area contributed by atoms with E-state index in [0.29, 0.717) is 5.75 Å². The zero-order chi connectivity index (χ0) is 16.5. The lowest BCUT2D eigenvalue weighted by atomic mass is 10.2. The van der Waals surface area contributed by atoms with Crippen molar-refractivity contribution in [1.29, 1.82) is 0 Å². The first kappa shape index (κ1) is 17.0. The molecule has 0 heterocycles. The molecule has 0 fully saturated rings. The van der Waals surface area contributed by atoms with E-state index in [1.54, 1.807) is 6.07 Å². The molecule has 1 rings (SSSR count). The van der Waals surface area contributed by atoms with E-state index in [1.165, 1.54) is 25.3 Å². The Kier molecular flexibility index (Phi) is 6.44. The van der Waals surface area contributed by atoms with Crippen LogP contribution in [-0.4, -0.2) is 48.5 Å². The van der Waals surface area contributed by atoms with Crippen LogP contribution in [0.15, 0.2) is 24.3 Å². The van der Waals surface area contributed by atoms with Crippen LogP contribution in [-0.2, 0) is 19.2 Å². The van der Waals surface area contributed by atoms with Crippen LogP contribution in [0.2, 0.25) is 0 Å². The molecule has 1 unspecified atom stereocenters. The monoisotopic (exact) mass is 316 g/mol. The van der Waals surface area contributed by atoms with Gasteiger partial charge in [-0.15, -0.1) is 4.89 Å². The number of hydrogen-bond acceptors (Lipinski definition) is 8. The van der Waals surface area contributed by atoms with Crippen molar-refractivity contribution < 1.29 is 48.6 Å². The third-order valence-corrected chi connectivity index (χ3v) is 2.11. The van der Waals surface area contributed by atoms with Crippen molar-refractivity contribution in [2.75, 3.05) is 13.7 Å². The van der Waals surface area contributed by atoms with E-state index >= 15 is 0 Å². The lowest BCUT2D eigenvalue weighted by Crippen LogP contribution is -2.28. The average Bonchev–Trinajstić information content (AvgIpc) is 2.49. The average molecular weight is 316 g/mol. The number of carbonyl (C=O) groups excluding carboxylic acids is 1. The predicted octanol–water partition coefficient (Wildman–Crippen LogP) is 1.50. The van der Waals surface area contributed by atoms with Crippen LogP contribution >= 0.6 is 0 Å². The highest BCUT2D eigenvalue weighted by Crippen LogP contribution is 2.14. The first-order valence-electron chi connectivity index (χ1n) is 5.69. The lowest BCUT2D eigenvalue weighted by Gasteiger charge is -2.14. The van der Waals surface area contributed by atoms with Gasteiger partial charge in [-0.1, -0.05) is 6.07 Å². The first-order valence-corrected chi connectivity index (χ1v) is 5.69. The minimum atomic E-state index is -1.77. The molecule has 0 aromatic heterocycles. The molecule has 0 saturated heterocycles. The van der Waals surface area contributed by atoms with Crippen molar-refractivity contribution in [2.45, 2.75) is 6.29 Å². The maximum atomic E-state index is 11.7. The van der Waals surface area contributed by atoms with Gasteiger partial charge in [0, 0.05) is 0 Å². The number of carbonyl (C=O) groups is 3. The van der Waals surface area contributed by atoms with Crippen LogP contribution in [0, 0.1) is 0 Å². The molecule has 0 aliphatic carbocycles. The van der Waals surface area contributed by atoms with Gasteiger partial charge in [-0.2, -0.15) is 0 Å². The third kappa shape index (κ3) is 5.96. The molecule has 10 heteroatoms. The summed E-state index contributed by atoms with van der Waals surface area (Å²) in [6, 6.07) is 5.87. The van der Waals surface area contributed by atoms with Gasteiger partial charge in [0.15, 0.2) is 6.61 Å². The maximum Gasteiger partial charge on any atom is 0.508 e. The molecule has 0 aliphatic rings. The van der Waals surface area contributed by atoms with E-state index in [9.17, 15) is 14.4 Å². The summed E-state index contributed by atoms with van der Waals surface area (Å²) >= 11 is 0. The van der Waals surface area contributed by atoms with Crippen LogP contribution in [0.25, 0.3) is 0 Å². The van der Waals surface area contributed by atoms with Gasteiger partial charge < -0.3 is 24.4 Å². The summed E-state index contributed by atoms with van der Waals surface area (Å²) in [5.41, 5.74) is 0.0626. The zero-order valence-corrected chi connectivity index (χ0v) is 11.3. The molecule has 0 aliphatic heterocycles. The Morgan fingerprint density at radius 2 is 1.91 bits per heavy atom.